The standard InChI is InChI=1S/C21H32N4O3/c1-5-12-28-21(27)17(13-15(2)3)24-20(26)8-6-7-11-25-16(4)23-18-14-22-10-9-19(18)25/h9-10,14-15,17H,5-8,11-13H2,1-4H3,(H,24,26)/t17-/m0/s1. The van der Waals surface area contributed by atoms with Crippen molar-refractivity contribution in [3.8, 4) is 0 Å². The number of imidazole rings is 1. The number of esters is 1. The topological polar surface area (TPSA) is 86.1 Å². The van der Waals surface area contributed by atoms with Crippen LogP contribution in [0, 0.1) is 12.8 Å². The summed E-state index contributed by atoms with van der Waals surface area (Å²) >= 11 is 0. The number of pyridine rings is 1. The van der Waals surface area contributed by atoms with E-state index in [4.69, 9.17) is 4.74 Å². The van der Waals surface area contributed by atoms with E-state index in [2.05, 4.69) is 19.9 Å². The predicted molar refractivity (Wildman–Crippen MR) is 109 cm³/mol. The summed E-state index contributed by atoms with van der Waals surface area (Å²) in [5.74, 6) is 0.808. The van der Waals surface area contributed by atoms with Crippen molar-refractivity contribution in [2.24, 2.45) is 5.92 Å². The van der Waals surface area contributed by atoms with Gasteiger partial charge in [-0.1, -0.05) is 20.8 Å². The van der Waals surface area contributed by atoms with Crippen LogP contribution in [-0.2, 0) is 20.9 Å². The van der Waals surface area contributed by atoms with Gasteiger partial charge in [-0.05, 0) is 44.6 Å². The summed E-state index contributed by atoms with van der Waals surface area (Å²) in [7, 11) is 0. The normalized spacial score (nSPS) is 12.3. The van der Waals surface area contributed by atoms with Crippen LogP contribution in [0.3, 0.4) is 0 Å². The van der Waals surface area contributed by atoms with Crippen molar-refractivity contribution in [1.29, 1.82) is 0 Å². The predicted octanol–water partition coefficient (Wildman–Crippen LogP) is 3.39. The fraction of sp³-hybridized carbons (Fsp3) is 0.619. The van der Waals surface area contributed by atoms with Gasteiger partial charge in [-0.15, -0.1) is 0 Å². The van der Waals surface area contributed by atoms with E-state index in [-0.39, 0.29) is 11.9 Å². The monoisotopic (exact) mass is 388 g/mol. The van der Waals surface area contributed by atoms with Crippen molar-refractivity contribution in [1.82, 2.24) is 19.9 Å². The number of aryl methyl sites for hydroxylation is 2. The Hall–Kier alpha value is -2.44. The first kappa shape index (κ1) is 21.9. The summed E-state index contributed by atoms with van der Waals surface area (Å²) in [6.45, 7) is 9.17. The van der Waals surface area contributed by atoms with Gasteiger partial charge in [-0.3, -0.25) is 9.78 Å². The molecule has 0 aliphatic carbocycles. The Bertz CT molecular complexity index is 785. The molecule has 0 unspecified atom stereocenters. The highest BCUT2D eigenvalue weighted by atomic mass is 16.5. The van der Waals surface area contributed by atoms with E-state index >= 15 is 0 Å². The number of fused-ring (bicyclic) bond motifs is 1. The van der Waals surface area contributed by atoms with Gasteiger partial charge in [0.05, 0.1) is 18.3 Å². The molecule has 2 aromatic rings. The average molecular weight is 389 g/mol. The molecule has 2 heterocycles. The first-order valence-corrected chi connectivity index (χ1v) is 10.1. The molecule has 0 radical (unpaired) electrons. The van der Waals surface area contributed by atoms with Crippen LogP contribution in [0.5, 0.6) is 0 Å². The fourth-order valence-corrected chi connectivity index (χ4v) is 3.20. The molecular weight excluding hydrogens is 356 g/mol. The Morgan fingerprint density at radius 1 is 1.29 bits per heavy atom. The Morgan fingerprint density at radius 2 is 2.07 bits per heavy atom. The molecule has 0 aromatic carbocycles. The number of unbranched alkanes of at least 4 members (excludes halogenated alkanes) is 1. The van der Waals surface area contributed by atoms with Gasteiger partial charge in [0.15, 0.2) is 0 Å². The third-order valence-corrected chi connectivity index (χ3v) is 4.55. The van der Waals surface area contributed by atoms with Gasteiger partial charge in [0, 0.05) is 19.2 Å². The second-order valence-corrected chi connectivity index (χ2v) is 7.55. The molecule has 0 bridgehead atoms. The average Bonchev–Trinajstić information content (AvgIpc) is 2.97. The van der Waals surface area contributed by atoms with Crippen LogP contribution in [0.4, 0.5) is 0 Å². The Kier molecular flexibility index (Phi) is 8.42. The molecule has 1 atom stereocenters. The highest BCUT2D eigenvalue weighted by Crippen LogP contribution is 2.15. The zero-order valence-corrected chi connectivity index (χ0v) is 17.4. The minimum absolute atomic E-state index is 0.101. The lowest BCUT2D eigenvalue weighted by Crippen LogP contribution is -2.42. The van der Waals surface area contributed by atoms with Crippen molar-refractivity contribution < 1.29 is 14.3 Å². The number of nitrogens with one attached hydrogen (secondary N) is 1. The molecule has 0 aliphatic rings. The van der Waals surface area contributed by atoms with Crippen molar-refractivity contribution in [3.05, 3.63) is 24.3 Å². The van der Waals surface area contributed by atoms with Gasteiger partial charge in [-0.25, -0.2) is 9.78 Å². The molecule has 0 saturated heterocycles. The lowest BCUT2D eigenvalue weighted by atomic mass is 10.0. The van der Waals surface area contributed by atoms with Crippen LogP contribution in [-0.4, -0.2) is 39.1 Å². The lowest BCUT2D eigenvalue weighted by Gasteiger charge is -2.19. The summed E-state index contributed by atoms with van der Waals surface area (Å²) in [5, 5.41) is 2.85. The number of hydrogen-bond donors (Lipinski definition) is 1. The molecular formula is C21H32N4O3. The highest BCUT2D eigenvalue weighted by Gasteiger charge is 2.23. The first-order valence-electron chi connectivity index (χ1n) is 10.1. The Balaban J connectivity index is 1.81. The van der Waals surface area contributed by atoms with Crippen LogP contribution >= 0.6 is 0 Å². The van der Waals surface area contributed by atoms with Gasteiger partial charge >= 0.3 is 5.97 Å². The number of ether oxygens (including phenoxy) is 1. The van der Waals surface area contributed by atoms with Gasteiger partial charge in [-0.2, -0.15) is 0 Å². The summed E-state index contributed by atoms with van der Waals surface area (Å²) in [5.41, 5.74) is 1.95. The van der Waals surface area contributed by atoms with E-state index in [0.717, 1.165) is 42.7 Å². The molecule has 2 rings (SSSR count). The number of aromatic nitrogens is 3. The number of carbonyl (C=O) groups is 2. The van der Waals surface area contributed by atoms with Gasteiger partial charge in [0.25, 0.3) is 0 Å². The maximum absolute atomic E-state index is 12.3. The zero-order valence-electron chi connectivity index (χ0n) is 17.4. The smallest absolute Gasteiger partial charge is 0.328 e. The number of amides is 1. The minimum Gasteiger partial charge on any atom is -0.464 e. The maximum Gasteiger partial charge on any atom is 0.328 e. The largest absolute Gasteiger partial charge is 0.464 e. The molecule has 0 spiro atoms. The van der Waals surface area contributed by atoms with Gasteiger partial charge in [0.2, 0.25) is 5.91 Å². The first-order chi connectivity index (χ1) is 13.4. The highest BCUT2D eigenvalue weighted by molar-refractivity contribution is 5.84. The quantitative estimate of drug-likeness (QED) is 0.471. The van der Waals surface area contributed by atoms with Gasteiger partial charge in [0.1, 0.15) is 17.4 Å². The molecule has 2 aromatic heterocycles. The third kappa shape index (κ3) is 6.32. The molecule has 0 fully saturated rings. The van der Waals surface area contributed by atoms with Crippen molar-refractivity contribution in [2.75, 3.05) is 6.61 Å². The van der Waals surface area contributed by atoms with E-state index in [1.54, 1.807) is 12.4 Å². The summed E-state index contributed by atoms with van der Waals surface area (Å²) in [6, 6.07) is 1.40. The molecule has 154 valence electrons. The van der Waals surface area contributed by atoms with Gasteiger partial charge < -0.3 is 14.6 Å². The molecule has 7 heteroatoms. The van der Waals surface area contributed by atoms with Crippen LogP contribution in [0.2, 0.25) is 0 Å². The van der Waals surface area contributed by atoms with Crippen LogP contribution in [0.25, 0.3) is 11.0 Å². The second-order valence-electron chi connectivity index (χ2n) is 7.55. The molecule has 1 amide bonds. The molecule has 0 saturated carbocycles. The minimum atomic E-state index is -0.564. The Morgan fingerprint density at radius 3 is 2.79 bits per heavy atom. The van der Waals surface area contributed by atoms with Crippen molar-refractivity contribution in [3.63, 3.8) is 0 Å². The lowest BCUT2D eigenvalue weighted by molar-refractivity contribution is -0.148. The molecule has 28 heavy (non-hydrogen) atoms. The fourth-order valence-electron chi connectivity index (χ4n) is 3.20. The van der Waals surface area contributed by atoms with Crippen LogP contribution in [0.1, 0.15) is 58.7 Å². The summed E-state index contributed by atoms with van der Waals surface area (Å²) in [6.07, 6.45) is 6.88. The maximum atomic E-state index is 12.3. The summed E-state index contributed by atoms with van der Waals surface area (Å²) < 4.78 is 7.37. The van der Waals surface area contributed by atoms with E-state index in [1.807, 2.05) is 33.8 Å². The van der Waals surface area contributed by atoms with E-state index in [0.29, 0.717) is 25.4 Å². The number of carbonyl (C=O) groups excluding carboxylic acids is 2. The molecule has 1 N–H and O–H groups in total. The van der Waals surface area contributed by atoms with Crippen LogP contribution in [0.15, 0.2) is 18.5 Å². The zero-order chi connectivity index (χ0) is 20.5. The second kappa shape index (κ2) is 10.8. The van der Waals surface area contributed by atoms with Crippen molar-refractivity contribution >= 4 is 22.9 Å². The van der Waals surface area contributed by atoms with Crippen LogP contribution < -0.4 is 5.32 Å². The van der Waals surface area contributed by atoms with E-state index in [9.17, 15) is 9.59 Å². The number of nitrogens with zero attached hydrogens (tertiary/aromatic N) is 3. The van der Waals surface area contributed by atoms with Crippen molar-refractivity contribution in [2.45, 2.75) is 72.4 Å². The number of hydrogen-bond acceptors (Lipinski definition) is 5. The number of rotatable bonds is 11. The third-order valence-electron chi connectivity index (χ3n) is 4.55. The molecule has 0 aliphatic heterocycles. The SMILES string of the molecule is CCCOC(=O)[C@H](CC(C)C)NC(=O)CCCCn1c(C)nc2cnccc21. The van der Waals surface area contributed by atoms with E-state index < -0.39 is 6.04 Å². The Labute approximate surface area is 166 Å². The summed E-state index contributed by atoms with van der Waals surface area (Å²) in [4.78, 5) is 33.1. The van der Waals surface area contributed by atoms with E-state index in [1.165, 1.54) is 0 Å². The molecule has 7 nitrogen and oxygen atoms in total.